The van der Waals surface area contributed by atoms with Crippen LogP contribution in [0, 0.1) is 0 Å². The van der Waals surface area contributed by atoms with Crippen LogP contribution in [0.1, 0.15) is 25.1 Å². The molecule has 3 aromatic heterocycles. The highest BCUT2D eigenvalue weighted by Gasteiger charge is 2.07. The Hall–Kier alpha value is -2.40. The summed E-state index contributed by atoms with van der Waals surface area (Å²) in [7, 11) is 1.94. The fourth-order valence-electron chi connectivity index (χ4n) is 2.55. The molecule has 0 saturated carbocycles. The molecular formula is C17H18ClN5. The van der Waals surface area contributed by atoms with Crippen molar-refractivity contribution in [3.8, 4) is 0 Å². The van der Waals surface area contributed by atoms with Crippen LogP contribution in [0.15, 0.2) is 42.7 Å². The van der Waals surface area contributed by atoms with E-state index in [1.54, 1.807) is 10.6 Å². The van der Waals surface area contributed by atoms with Gasteiger partial charge in [-0.2, -0.15) is 10.2 Å². The largest absolute Gasteiger partial charge is 0.268 e. The summed E-state index contributed by atoms with van der Waals surface area (Å²) in [5, 5.41) is 10.2. The third-order valence-corrected chi connectivity index (χ3v) is 3.80. The molecule has 23 heavy (non-hydrogen) atoms. The third-order valence-electron chi connectivity index (χ3n) is 3.60. The quantitative estimate of drug-likeness (QED) is 0.561. The zero-order chi connectivity index (χ0) is 16.4. The fraction of sp³-hybridized carbons (Fsp3) is 0.235. The summed E-state index contributed by atoms with van der Waals surface area (Å²) in [6.07, 6.45) is 4.47. The summed E-state index contributed by atoms with van der Waals surface area (Å²) >= 11 is 5.96. The van der Waals surface area contributed by atoms with Gasteiger partial charge in [-0.15, -0.1) is 0 Å². The summed E-state index contributed by atoms with van der Waals surface area (Å²) < 4.78 is 3.66. The average molecular weight is 328 g/mol. The molecule has 118 valence electrons. The molecule has 3 heterocycles. The lowest BCUT2D eigenvalue weighted by molar-refractivity contribution is 0.797. The average Bonchev–Trinajstić information content (AvgIpc) is 3.13. The second kappa shape index (κ2) is 6.38. The number of hydrogen-bond donors (Lipinski definition) is 0. The SMILES string of the molecule is CC.Cn1ncc2cc(Cc3cnc4ccc(Cl)nn34)ccc21. The predicted molar refractivity (Wildman–Crippen MR) is 92.9 cm³/mol. The minimum absolute atomic E-state index is 0.462. The lowest BCUT2D eigenvalue weighted by atomic mass is 10.1. The zero-order valence-corrected chi connectivity index (χ0v) is 14.1. The molecule has 4 rings (SSSR count). The first kappa shape index (κ1) is 15.5. The molecule has 0 amide bonds. The second-order valence-electron chi connectivity index (χ2n) is 5.01. The monoisotopic (exact) mass is 327 g/mol. The predicted octanol–water partition coefficient (Wildman–Crippen LogP) is 3.89. The van der Waals surface area contributed by atoms with E-state index in [4.69, 9.17) is 11.6 Å². The molecule has 0 spiro atoms. The van der Waals surface area contributed by atoms with E-state index in [-0.39, 0.29) is 0 Å². The number of rotatable bonds is 2. The Kier molecular flexibility index (Phi) is 4.30. The number of nitrogens with zero attached hydrogens (tertiary/aromatic N) is 5. The van der Waals surface area contributed by atoms with E-state index in [0.717, 1.165) is 28.7 Å². The summed E-state index contributed by atoms with van der Waals surface area (Å²) in [6.45, 7) is 4.00. The van der Waals surface area contributed by atoms with Crippen molar-refractivity contribution in [2.45, 2.75) is 20.3 Å². The van der Waals surface area contributed by atoms with E-state index in [2.05, 4.69) is 33.4 Å². The highest BCUT2D eigenvalue weighted by Crippen LogP contribution is 2.18. The van der Waals surface area contributed by atoms with Crippen LogP contribution in [0.3, 0.4) is 0 Å². The lowest BCUT2D eigenvalue weighted by Crippen LogP contribution is -1.98. The van der Waals surface area contributed by atoms with Crippen LogP contribution in [-0.4, -0.2) is 24.4 Å². The Labute approximate surface area is 139 Å². The van der Waals surface area contributed by atoms with Gasteiger partial charge in [-0.05, 0) is 29.8 Å². The Bertz CT molecular complexity index is 954. The number of aromatic nitrogens is 5. The van der Waals surface area contributed by atoms with Crippen LogP contribution in [0.5, 0.6) is 0 Å². The smallest absolute Gasteiger partial charge is 0.153 e. The molecule has 0 fully saturated rings. The number of halogens is 1. The van der Waals surface area contributed by atoms with Crippen molar-refractivity contribution in [1.82, 2.24) is 24.4 Å². The molecule has 6 heteroatoms. The van der Waals surface area contributed by atoms with Crippen molar-refractivity contribution in [1.29, 1.82) is 0 Å². The standard InChI is InChI=1S/C15H12ClN5.C2H6/c1-20-13-3-2-10(6-11(13)8-18-20)7-12-9-17-15-5-4-14(16)19-21(12)15;1-2/h2-6,8-9H,7H2,1H3;1-2H3. The maximum absolute atomic E-state index is 5.96. The minimum Gasteiger partial charge on any atom is -0.268 e. The first-order chi connectivity index (χ1) is 11.2. The molecular weight excluding hydrogens is 310 g/mol. The molecule has 0 aliphatic rings. The van der Waals surface area contributed by atoms with Crippen molar-refractivity contribution in [2.24, 2.45) is 7.05 Å². The lowest BCUT2D eigenvalue weighted by Gasteiger charge is -2.03. The zero-order valence-electron chi connectivity index (χ0n) is 13.4. The van der Waals surface area contributed by atoms with E-state index in [1.807, 2.05) is 44.0 Å². The maximum atomic E-state index is 5.96. The van der Waals surface area contributed by atoms with Crippen molar-refractivity contribution in [3.05, 3.63) is 59.1 Å². The fourth-order valence-corrected chi connectivity index (χ4v) is 2.69. The van der Waals surface area contributed by atoms with Gasteiger partial charge in [-0.25, -0.2) is 9.50 Å². The van der Waals surface area contributed by atoms with Gasteiger partial charge < -0.3 is 0 Å². The van der Waals surface area contributed by atoms with Gasteiger partial charge in [0, 0.05) is 18.9 Å². The maximum Gasteiger partial charge on any atom is 0.153 e. The highest BCUT2D eigenvalue weighted by molar-refractivity contribution is 6.29. The van der Waals surface area contributed by atoms with E-state index in [9.17, 15) is 0 Å². The van der Waals surface area contributed by atoms with Crippen LogP contribution in [0.4, 0.5) is 0 Å². The van der Waals surface area contributed by atoms with E-state index < -0.39 is 0 Å². The molecule has 1 aromatic carbocycles. The van der Waals surface area contributed by atoms with Gasteiger partial charge in [0.25, 0.3) is 0 Å². The van der Waals surface area contributed by atoms with Gasteiger partial charge in [-0.1, -0.05) is 31.5 Å². The first-order valence-electron chi connectivity index (χ1n) is 7.60. The molecule has 0 radical (unpaired) electrons. The van der Waals surface area contributed by atoms with Crippen molar-refractivity contribution < 1.29 is 0 Å². The van der Waals surface area contributed by atoms with Gasteiger partial charge in [0.2, 0.25) is 0 Å². The molecule has 5 nitrogen and oxygen atoms in total. The molecule has 4 aromatic rings. The van der Waals surface area contributed by atoms with Crippen LogP contribution in [0.25, 0.3) is 16.6 Å². The van der Waals surface area contributed by atoms with Crippen molar-refractivity contribution >= 4 is 28.2 Å². The van der Waals surface area contributed by atoms with Gasteiger partial charge in [0.1, 0.15) is 5.15 Å². The summed E-state index contributed by atoms with van der Waals surface area (Å²) in [5.41, 5.74) is 4.13. The van der Waals surface area contributed by atoms with Gasteiger partial charge >= 0.3 is 0 Å². The third kappa shape index (κ3) is 2.92. The first-order valence-corrected chi connectivity index (χ1v) is 7.98. The second-order valence-corrected chi connectivity index (χ2v) is 5.40. The minimum atomic E-state index is 0.462. The van der Waals surface area contributed by atoms with Crippen LogP contribution >= 0.6 is 11.6 Å². The van der Waals surface area contributed by atoms with Gasteiger partial charge in [0.15, 0.2) is 5.65 Å². The molecule has 0 N–H and O–H groups in total. The van der Waals surface area contributed by atoms with Crippen LogP contribution in [0.2, 0.25) is 5.15 Å². The molecule has 0 unspecified atom stereocenters. The van der Waals surface area contributed by atoms with Gasteiger partial charge in [-0.3, -0.25) is 4.68 Å². The Morgan fingerprint density at radius 3 is 2.74 bits per heavy atom. The number of benzene rings is 1. The van der Waals surface area contributed by atoms with Crippen LogP contribution in [-0.2, 0) is 13.5 Å². The summed E-state index contributed by atoms with van der Waals surface area (Å²) in [6, 6.07) is 9.94. The Morgan fingerprint density at radius 2 is 1.91 bits per heavy atom. The Balaban J connectivity index is 0.000000753. The summed E-state index contributed by atoms with van der Waals surface area (Å²) in [5.74, 6) is 0. The van der Waals surface area contributed by atoms with Crippen molar-refractivity contribution in [3.63, 3.8) is 0 Å². The number of imidazole rings is 1. The Morgan fingerprint density at radius 1 is 1.09 bits per heavy atom. The number of aryl methyl sites for hydroxylation is 1. The van der Waals surface area contributed by atoms with Crippen LogP contribution < -0.4 is 0 Å². The van der Waals surface area contributed by atoms with E-state index in [1.165, 1.54) is 5.56 Å². The molecule has 0 aliphatic carbocycles. The molecule has 0 aliphatic heterocycles. The van der Waals surface area contributed by atoms with Gasteiger partial charge in [0.05, 0.1) is 23.6 Å². The summed E-state index contributed by atoms with van der Waals surface area (Å²) in [4.78, 5) is 4.35. The van der Waals surface area contributed by atoms with E-state index in [0.29, 0.717) is 5.15 Å². The molecule has 0 atom stereocenters. The topological polar surface area (TPSA) is 48.0 Å². The normalized spacial score (nSPS) is 10.8. The molecule has 0 saturated heterocycles. The molecule has 0 bridgehead atoms. The number of hydrogen-bond acceptors (Lipinski definition) is 3. The highest BCUT2D eigenvalue weighted by atomic mass is 35.5. The van der Waals surface area contributed by atoms with Crippen molar-refractivity contribution in [2.75, 3.05) is 0 Å². The number of fused-ring (bicyclic) bond motifs is 2. The van der Waals surface area contributed by atoms with E-state index >= 15 is 0 Å².